The molecule has 0 N–H and O–H groups in total. The van der Waals surface area contributed by atoms with Crippen LogP contribution in [-0.2, 0) is 6.54 Å². The average Bonchev–Trinajstić information content (AvgIpc) is 3.14. The summed E-state index contributed by atoms with van der Waals surface area (Å²) in [6.45, 7) is 7.69. The zero-order valence-corrected chi connectivity index (χ0v) is 17.8. The Balaban J connectivity index is 1.51. The van der Waals surface area contributed by atoms with Gasteiger partial charge in [-0.2, -0.15) is 0 Å². The smallest absolute Gasteiger partial charge is 0.153 e. The van der Waals surface area contributed by atoms with Gasteiger partial charge in [0.15, 0.2) is 11.9 Å². The summed E-state index contributed by atoms with van der Waals surface area (Å²) in [6.07, 6.45) is -0.176. The summed E-state index contributed by atoms with van der Waals surface area (Å²) in [5, 5.41) is 0. The number of ether oxygens (including phenoxy) is 2. The van der Waals surface area contributed by atoms with Crippen LogP contribution in [0.5, 0.6) is 11.5 Å². The largest absolute Gasteiger partial charge is 0.492 e. The Hall–Kier alpha value is -3.27. The van der Waals surface area contributed by atoms with E-state index in [9.17, 15) is 0 Å². The van der Waals surface area contributed by atoms with Crippen LogP contribution in [0.2, 0.25) is 0 Å². The van der Waals surface area contributed by atoms with E-state index in [-0.39, 0.29) is 6.10 Å². The molecule has 0 saturated heterocycles. The molecule has 0 radical (unpaired) electrons. The van der Waals surface area contributed by atoms with Crippen LogP contribution in [0.15, 0.2) is 78.9 Å². The summed E-state index contributed by atoms with van der Waals surface area (Å²) in [7, 11) is 0. The van der Waals surface area contributed by atoms with Crippen LogP contribution in [0.3, 0.4) is 0 Å². The summed E-state index contributed by atoms with van der Waals surface area (Å²) >= 11 is 0. The number of hydrogen-bond acceptors (Lipinski definition) is 3. The maximum absolute atomic E-state index is 6.15. The maximum Gasteiger partial charge on any atom is 0.153 e. The van der Waals surface area contributed by atoms with Crippen molar-refractivity contribution in [2.45, 2.75) is 39.3 Å². The van der Waals surface area contributed by atoms with Crippen molar-refractivity contribution in [3.05, 3.63) is 90.3 Å². The predicted molar refractivity (Wildman–Crippen MR) is 121 cm³/mol. The minimum atomic E-state index is -0.176. The maximum atomic E-state index is 6.15. The van der Waals surface area contributed by atoms with Crippen LogP contribution in [0, 0.1) is 0 Å². The van der Waals surface area contributed by atoms with Gasteiger partial charge in [-0.05, 0) is 54.8 Å². The standard InChI is InChI=1S/C26H28N2O2/c1-19(2)21-13-15-22(16-14-21)29-18-17-28-25-12-8-7-11-24(25)27-26(28)20(3)30-23-9-5-4-6-10-23/h4-16,19-20H,17-18H2,1-3H3. The van der Waals surface area contributed by atoms with Gasteiger partial charge in [0.05, 0.1) is 17.6 Å². The molecule has 30 heavy (non-hydrogen) atoms. The highest BCUT2D eigenvalue weighted by molar-refractivity contribution is 5.76. The molecule has 0 aliphatic heterocycles. The Morgan fingerprint density at radius 3 is 2.23 bits per heavy atom. The van der Waals surface area contributed by atoms with Gasteiger partial charge in [0.25, 0.3) is 0 Å². The highest BCUT2D eigenvalue weighted by atomic mass is 16.5. The minimum Gasteiger partial charge on any atom is -0.492 e. The fourth-order valence-electron chi connectivity index (χ4n) is 3.60. The van der Waals surface area contributed by atoms with E-state index in [0.717, 1.165) is 28.4 Å². The topological polar surface area (TPSA) is 36.3 Å². The zero-order chi connectivity index (χ0) is 20.9. The summed E-state index contributed by atoms with van der Waals surface area (Å²) in [6, 6.07) is 26.4. The van der Waals surface area contributed by atoms with Crippen LogP contribution in [0.1, 0.15) is 44.2 Å². The highest BCUT2D eigenvalue weighted by Gasteiger charge is 2.18. The van der Waals surface area contributed by atoms with E-state index in [1.165, 1.54) is 5.56 Å². The first kappa shape index (κ1) is 20.0. The summed E-state index contributed by atoms with van der Waals surface area (Å²) in [5.74, 6) is 3.15. The van der Waals surface area contributed by atoms with Crippen molar-refractivity contribution in [2.75, 3.05) is 6.61 Å². The number of rotatable bonds is 8. The van der Waals surface area contributed by atoms with E-state index in [1.54, 1.807) is 0 Å². The second kappa shape index (κ2) is 9.04. The lowest BCUT2D eigenvalue weighted by Crippen LogP contribution is -2.15. The molecule has 4 heteroatoms. The number of nitrogens with zero attached hydrogens (tertiary/aromatic N) is 2. The number of aromatic nitrogens is 2. The molecule has 0 aliphatic carbocycles. The van der Waals surface area contributed by atoms with Crippen molar-refractivity contribution in [3.63, 3.8) is 0 Å². The van der Waals surface area contributed by atoms with Crippen LogP contribution >= 0.6 is 0 Å². The number of fused-ring (bicyclic) bond motifs is 1. The molecule has 0 bridgehead atoms. The molecule has 0 saturated carbocycles. The Kier molecular flexibility index (Phi) is 6.03. The molecular weight excluding hydrogens is 372 g/mol. The molecule has 0 aliphatic rings. The number of benzene rings is 3. The Bertz CT molecular complexity index is 1090. The van der Waals surface area contributed by atoms with Crippen molar-refractivity contribution in [1.29, 1.82) is 0 Å². The van der Waals surface area contributed by atoms with E-state index in [0.29, 0.717) is 19.1 Å². The van der Waals surface area contributed by atoms with Crippen LogP contribution in [0.25, 0.3) is 11.0 Å². The molecular formula is C26H28N2O2. The van der Waals surface area contributed by atoms with Crippen molar-refractivity contribution >= 4 is 11.0 Å². The fourth-order valence-corrected chi connectivity index (χ4v) is 3.60. The van der Waals surface area contributed by atoms with Gasteiger partial charge in [0, 0.05) is 0 Å². The molecule has 3 aromatic carbocycles. The quantitative estimate of drug-likeness (QED) is 0.344. The molecule has 1 unspecified atom stereocenters. The molecule has 154 valence electrons. The van der Waals surface area contributed by atoms with Crippen molar-refractivity contribution < 1.29 is 9.47 Å². The Morgan fingerprint density at radius 2 is 1.50 bits per heavy atom. The molecule has 0 amide bonds. The van der Waals surface area contributed by atoms with Crippen molar-refractivity contribution in [3.8, 4) is 11.5 Å². The summed E-state index contributed by atoms with van der Waals surface area (Å²) in [4.78, 5) is 4.85. The Labute approximate surface area is 178 Å². The third kappa shape index (κ3) is 4.48. The lowest BCUT2D eigenvalue weighted by atomic mass is 10.0. The van der Waals surface area contributed by atoms with Crippen molar-refractivity contribution in [2.24, 2.45) is 0 Å². The van der Waals surface area contributed by atoms with Gasteiger partial charge in [0.1, 0.15) is 18.1 Å². The number of imidazole rings is 1. The first-order valence-electron chi connectivity index (χ1n) is 10.5. The Morgan fingerprint density at radius 1 is 0.800 bits per heavy atom. The second-order valence-electron chi connectivity index (χ2n) is 7.76. The van der Waals surface area contributed by atoms with E-state index < -0.39 is 0 Å². The molecule has 4 rings (SSSR count). The van der Waals surface area contributed by atoms with Gasteiger partial charge < -0.3 is 14.0 Å². The van der Waals surface area contributed by atoms with Crippen LogP contribution < -0.4 is 9.47 Å². The van der Waals surface area contributed by atoms with Crippen molar-refractivity contribution in [1.82, 2.24) is 9.55 Å². The molecule has 1 heterocycles. The van der Waals surface area contributed by atoms with Crippen LogP contribution in [-0.4, -0.2) is 16.2 Å². The minimum absolute atomic E-state index is 0.176. The molecule has 4 aromatic rings. The van der Waals surface area contributed by atoms with Gasteiger partial charge in [0.2, 0.25) is 0 Å². The van der Waals surface area contributed by atoms with E-state index in [4.69, 9.17) is 14.5 Å². The van der Waals surface area contributed by atoms with Gasteiger partial charge in [-0.1, -0.05) is 56.3 Å². The normalized spacial score (nSPS) is 12.3. The fraction of sp³-hybridized carbons (Fsp3) is 0.269. The SMILES string of the molecule is CC(C)c1ccc(OCCn2c(C(C)Oc3ccccc3)nc3ccccc32)cc1. The van der Waals surface area contributed by atoms with Gasteiger partial charge in [-0.25, -0.2) is 4.98 Å². The third-order valence-corrected chi connectivity index (χ3v) is 5.23. The monoisotopic (exact) mass is 400 g/mol. The third-order valence-electron chi connectivity index (χ3n) is 5.23. The lowest BCUT2D eigenvalue weighted by Gasteiger charge is -2.17. The lowest BCUT2D eigenvalue weighted by molar-refractivity contribution is 0.207. The first-order valence-corrected chi connectivity index (χ1v) is 10.5. The first-order chi connectivity index (χ1) is 14.6. The summed E-state index contributed by atoms with van der Waals surface area (Å²) in [5.41, 5.74) is 3.38. The van der Waals surface area contributed by atoms with Gasteiger partial charge in [-0.3, -0.25) is 0 Å². The zero-order valence-electron chi connectivity index (χ0n) is 17.8. The molecule has 1 aromatic heterocycles. The molecule has 1 atom stereocenters. The van der Waals surface area contributed by atoms with E-state index in [2.05, 4.69) is 36.6 Å². The summed E-state index contributed by atoms with van der Waals surface area (Å²) < 4.78 is 14.4. The molecule has 0 spiro atoms. The molecule has 4 nitrogen and oxygen atoms in total. The van der Waals surface area contributed by atoms with Gasteiger partial charge >= 0.3 is 0 Å². The number of para-hydroxylation sites is 3. The average molecular weight is 401 g/mol. The molecule has 0 fully saturated rings. The van der Waals surface area contributed by atoms with E-state index in [1.807, 2.05) is 67.6 Å². The van der Waals surface area contributed by atoms with Gasteiger partial charge in [-0.15, -0.1) is 0 Å². The number of hydrogen-bond donors (Lipinski definition) is 0. The predicted octanol–water partition coefficient (Wildman–Crippen LogP) is 6.38. The van der Waals surface area contributed by atoms with E-state index >= 15 is 0 Å². The highest BCUT2D eigenvalue weighted by Crippen LogP contribution is 2.25. The second-order valence-corrected chi connectivity index (χ2v) is 7.76. The van der Waals surface area contributed by atoms with Crippen LogP contribution in [0.4, 0.5) is 0 Å².